The molecule has 2 heterocycles. The molecule has 0 saturated heterocycles. The Morgan fingerprint density at radius 2 is 1.00 bits per heavy atom. The van der Waals surface area contributed by atoms with Crippen LogP contribution < -0.4 is 0 Å². The van der Waals surface area contributed by atoms with Crippen molar-refractivity contribution in [1.82, 2.24) is 15.4 Å². The fourth-order valence-electron chi connectivity index (χ4n) is 5.11. The molecule has 0 aliphatic carbocycles. The maximum atomic E-state index is 4.72. The monoisotopic (exact) mass is 539 g/mol. The number of nitrogens with zero attached hydrogens (tertiary/aromatic N) is 3. The molecule has 0 bridgehead atoms. The van der Waals surface area contributed by atoms with Gasteiger partial charge in [0.25, 0.3) is 0 Å². The van der Waals surface area contributed by atoms with Gasteiger partial charge in [-0.05, 0) is 0 Å². The zero-order valence-corrected chi connectivity index (χ0v) is 21.6. The van der Waals surface area contributed by atoms with Crippen molar-refractivity contribution in [3.05, 3.63) is 127 Å². The van der Waals surface area contributed by atoms with Crippen molar-refractivity contribution in [1.29, 1.82) is 0 Å². The van der Waals surface area contributed by atoms with E-state index in [0.717, 1.165) is 33.6 Å². The molecule has 0 radical (unpaired) electrons. The maximum absolute atomic E-state index is 4.72. The molecule has 0 aliphatic heterocycles. The van der Waals surface area contributed by atoms with E-state index in [1.807, 2.05) is 24.3 Å². The third-order valence-corrected chi connectivity index (χ3v) is 9.12. The summed E-state index contributed by atoms with van der Waals surface area (Å²) in [5.74, 6) is 0. The zero-order chi connectivity index (χ0) is 24.6. The molecule has 0 amide bonds. The summed E-state index contributed by atoms with van der Waals surface area (Å²) in [5.41, 5.74) is 8.23. The van der Waals surface area contributed by atoms with Crippen LogP contribution in [0.5, 0.6) is 0 Å². The standard InChI is InChI=1S/C33H21N3Se/c1-4-12-22(13-5-1)29-26(20-21-28-31(29)25-18-10-11-19-27(25)37-28)33-30(23-14-6-2-7-15-23)32(34-36-35-33)24-16-8-3-9-17-24/h1-21H. The summed E-state index contributed by atoms with van der Waals surface area (Å²) >= 11 is 0.273. The van der Waals surface area contributed by atoms with Gasteiger partial charge in [0.2, 0.25) is 0 Å². The molecule has 3 nitrogen and oxygen atoms in total. The van der Waals surface area contributed by atoms with E-state index in [-0.39, 0.29) is 14.5 Å². The molecule has 0 spiro atoms. The van der Waals surface area contributed by atoms with Gasteiger partial charge in [-0.15, -0.1) is 0 Å². The topological polar surface area (TPSA) is 38.7 Å². The van der Waals surface area contributed by atoms with Crippen LogP contribution in [0.2, 0.25) is 0 Å². The molecule has 2 aromatic heterocycles. The first-order chi connectivity index (χ1) is 18.4. The van der Waals surface area contributed by atoms with Crippen LogP contribution in [0.15, 0.2) is 127 Å². The van der Waals surface area contributed by atoms with E-state index >= 15 is 0 Å². The van der Waals surface area contributed by atoms with Gasteiger partial charge in [-0.1, -0.05) is 0 Å². The van der Waals surface area contributed by atoms with Crippen LogP contribution >= 0.6 is 0 Å². The summed E-state index contributed by atoms with van der Waals surface area (Å²) in [6.45, 7) is 0. The Morgan fingerprint density at radius 3 is 1.70 bits per heavy atom. The van der Waals surface area contributed by atoms with Crippen LogP contribution in [-0.2, 0) is 0 Å². The van der Waals surface area contributed by atoms with E-state index < -0.39 is 0 Å². The number of fused-ring (bicyclic) bond motifs is 3. The Morgan fingerprint density at radius 1 is 0.432 bits per heavy atom. The molecule has 0 saturated carbocycles. The Balaban J connectivity index is 1.62. The number of benzene rings is 5. The van der Waals surface area contributed by atoms with Gasteiger partial charge in [-0.2, -0.15) is 0 Å². The minimum absolute atomic E-state index is 0.273. The van der Waals surface area contributed by atoms with Gasteiger partial charge in [-0.3, -0.25) is 0 Å². The van der Waals surface area contributed by atoms with Crippen LogP contribution in [0.25, 0.3) is 64.1 Å². The van der Waals surface area contributed by atoms with Crippen LogP contribution in [-0.4, -0.2) is 29.9 Å². The van der Waals surface area contributed by atoms with Crippen LogP contribution in [0, 0.1) is 0 Å². The number of hydrogen-bond acceptors (Lipinski definition) is 3. The van der Waals surface area contributed by atoms with Crippen molar-refractivity contribution in [3.63, 3.8) is 0 Å². The molecule has 0 unspecified atom stereocenters. The first kappa shape index (κ1) is 21.9. The van der Waals surface area contributed by atoms with Crippen molar-refractivity contribution < 1.29 is 0 Å². The molecule has 0 fully saturated rings. The average Bonchev–Trinajstić information content (AvgIpc) is 3.36. The number of aromatic nitrogens is 3. The second kappa shape index (κ2) is 9.25. The number of rotatable bonds is 4. The average molecular weight is 539 g/mol. The molecule has 174 valence electrons. The molecule has 7 aromatic rings. The van der Waals surface area contributed by atoms with E-state index in [0.29, 0.717) is 0 Å². The molecular weight excluding hydrogens is 517 g/mol. The Kier molecular flexibility index (Phi) is 5.47. The summed E-state index contributed by atoms with van der Waals surface area (Å²) in [5, 5.41) is 16.2. The van der Waals surface area contributed by atoms with Gasteiger partial charge in [-0.25, -0.2) is 0 Å². The first-order valence-electron chi connectivity index (χ1n) is 12.2. The van der Waals surface area contributed by atoms with Gasteiger partial charge < -0.3 is 0 Å². The summed E-state index contributed by atoms with van der Waals surface area (Å²) < 4.78 is 2.83. The van der Waals surface area contributed by atoms with E-state index in [2.05, 4.69) is 113 Å². The van der Waals surface area contributed by atoms with E-state index in [9.17, 15) is 0 Å². The van der Waals surface area contributed by atoms with Crippen molar-refractivity contribution in [2.45, 2.75) is 0 Å². The molecule has 5 aromatic carbocycles. The summed E-state index contributed by atoms with van der Waals surface area (Å²) in [6, 6.07) is 44.7. The molecule has 0 aliphatic rings. The summed E-state index contributed by atoms with van der Waals surface area (Å²) in [4.78, 5) is 0. The second-order valence-corrected chi connectivity index (χ2v) is 11.2. The molecule has 37 heavy (non-hydrogen) atoms. The number of hydrogen-bond donors (Lipinski definition) is 0. The van der Waals surface area contributed by atoms with Crippen molar-refractivity contribution in [2.24, 2.45) is 0 Å². The van der Waals surface area contributed by atoms with Crippen molar-refractivity contribution in [2.75, 3.05) is 0 Å². The van der Waals surface area contributed by atoms with Crippen LogP contribution in [0.1, 0.15) is 0 Å². The van der Waals surface area contributed by atoms with E-state index in [1.165, 1.54) is 30.4 Å². The van der Waals surface area contributed by atoms with Crippen molar-refractivity contribution in [3.8, 4) is 44.8 Å². The normalized spacial score (nSPS) is 11.2. The molecular formula is C33H21N3Se. The van der Waals surface area contributed by atoms with Crippen molar-refractivity contribution >= 4 is 33.8 Å². The quantitative estimate of drug-likeness (QED) is 0.214. The van der Waals surface area contributed by atoms with Gasteiger partial charge >= 0.3 is 221 Å². The van der Waals surface area contributed by atoms with Gasteiger partial charge in [0.15, 0.2) is 0 Å². The Labute approximate surface area is 220 Å². The zero-order valence-electron chi connectivity index (χ0n) is 19.9. The van der Waals surface area contributed by atoms with Gasteiger partial charge in [0, 0.05) is 0 Å². The second-order valence-electron chi connectivity index (χ2n) is 8.92. The van der Waals surface area contributed by atoms with Gasteiger partial charge in [0.1, 0.15) is 0 Å². The van der Waals surface area contributed by atoms with E-state index in [4.69, 9.17) is 5.10 Å². The van der Waals surface area contributed by atoms with Gasteiger partial charge in [0.05, 0.1) is 0 Å². The third-order valence-electron chi connectivity index (χ3n) is 6.73. The SMILES string of the molecule is c1ccc(-c2nnnc(-c3ccc4[se]c5ccccc5c4c3-c3ccccc3)c2-c2ccccc2)cc1. The van der Waals surface area contributed by atoms with Crippen LogP contribution in [0.3, 0.4) is 0 Å². The predicted octanol–water partition coefficient (Wildman–Crippen LogP) is 7.90. The minimum atomic E-state index is 0.273. The first-order valence-corrected chi connectivity index (χ1v) is 13.9. The molecule has 7 rings (SSSR count). The predicted molar refractivity (Wildman–Crippen MR) is 154 cm³/mol. The summed E-state index contributed by atoms with van der Waals surface area (Å²) in [7, 11) is 0. The summed E-state index contributed by atoms with van der Waals surface area (Å²) in [6.07, 6.45) is 0. The third kappa shape index (κ3) is 3.79. The molecule has 4 heteroatoms. The Hall–Kier alpha value is -4.37. The van der Waals surface area contributed by atoms with Crippen LogP contribution in [0.4, 0.5) is 0 Å². The fraction of sp³-hybridized carbons (Fsp3) is 0. The Bertz CT molecular complexity index is 1860. The fourth-order valence-corrected chi connectivity index (χ4v) is 7.44. The van der Waals surface area contributed by atoms with E-state index in [1.54, 1.807) is 0 Å². The molecule has 0 N–H and O–H groups in total. The molecule has 0 atom stereocenters.